The summed E-state index contributed by atoms with van der Waals surface area (Å²) >= 11 is 3.55. The first-order chi connectivity index (χ1) is 8.63. The molecule has 0 bridgehead atoms. The van der Waals surface area contributed by atoms with Crippen molar-refractivity contribution in [2.75, 3.05) is 13.6 Å². The molecule has 0 amide bonds. The van der Waals surface area contributed by atoms with E-state index in [1.165, 1.54) is 11.3 Å². The van der Waals surface area contributed by atoms with Crippen molar-refractivity contribution in [1.29, 1.82) is 0 Å². The first-order valence-electron chi connectivity index (χ1n) is 6.06. The molecule has 1 N–H and O–H groups in total. The lowest BCUT2D eigenvalue weighted by atomic mass is 10.1. The van der Waals surface area contributed by atoms with Gasteiger partial charge in [0, 0.05) is 25.6 Å². The van der Waals surface area contributed by atoms with Crippen molar-refractivity contribution in [3.05, 3.63) is 40.1 Å². The number of nitrogens with one attached hydrogen (secondary N) is 1. The molecular formula is C14H18BrN3. The van der Waals surface area contributed by atoms with Crippen LogP contribution in [-0.2, 0) is 13.5 Å². The quantitative estimate of drug-likeness (QED) is 0.941. The predicted octanol–water partition coefficient (Wildman–Crippen LogP) is 2.92. The highest BCUT2D eigenvalue weighted by molar-refractivity contribution is 9.10. The van der Waals surface area contributed by atoms with Crippen LogP contribution in [0.4, 0.5) is 0 Å². The Hall–Kier alpha value is -1.13. The second-order valence-electron chi connectivity index (χ2n) is 4.45. The molecule has 2 aromatic rings. The molecule has 2 rings (SSSR count). The van der Waals surface area contributed by atoms with Gasteiger partial charge in [-0.1, -0.05) is 23.8 Å². The van der Waals surface area contributed by atoms with Crippen LogP contribution in [0.25, 0.3) is 11.4 Å². The first-order valence-corrected chi connectivity index (χ1v) is 6.85. The predicted molar refractivity (Wildman–Crippen MR) is 78.7 cm³/mol. The van der Waals surface area contributed by atoms with Crippen molar-refractivity contribution in [2.45, 2.75) is 13.3 Å². The summed E-state index contributed by atoms with van der Waals surface area (Å²) in [4.78, 5) is 4.63. The lowest BCUT2D eigenvalue weighted by Gasteiger charge is -2.06. The molecule has 0 aliphatic carbocycles. The third-order valence-electron chi connectivity index (χ3n) is 3.05. The highest BCUT2D eigenvalue weighted by Crippen LogP contribution is 2.25. The number of imidazole rings is 1. The molecule has 0 aliphatic rings. The van der Waals surface area contributed by atoms with E-state index in [-0.39, 0.29) is 0 Å². The minimum atomic E-state index is 0.941. The summed E-state index contributed by atoms with van der Waals surface area (Å²) in [6, 6.07) is 8.43. The molecule has 1 aromatic heterocycles. The zero-order valence-corrected chi connectivity index (χ0v) is 12.6. The van der Waals surface area contributed by atoms with Crippen molar-refractivity contribution >= 4 is 15.9 Å². The van der Waals surface area contributed by atoms with Gasteiger partial charge >= 0.3 is 0 Å². The van der Waals surface area contributed by atoms with Crippen LogP contribution in [0.5, 0.6) is 0 Å². The lowest BCUT2D eigenvalue weighted by molar-refractivity contribution is 0.737. The van der Waals surface area contributed by atoms with Gasteiger partial charge in [-0.2, -0.15) is 0 Å². The molecule has 1 heterocycles. The Kier molecular flexibility index (Phi) is 4.19. The minimum absolute atomic E-state index is 0.941. The summed E-state index contributed by atoms with van der Waals surface area (Å²) in [5.41, 5.74) is 3.64. The highest BCUT2D eigenvalue weighted by atomic mass is 79.9. The first kappa shape index (κ1) is 13.3. The Morgan fingerprint density at radius 1 is 1.39 bits per heavy atom. The maximum Gasteiger partial charge on any atom is 0.141 e. The summed E-state index contributed by atoms with van der Waals surface area (Å²) < 4.78 is 3.10. The number of aromatic nitrogens is 2. The molecule has 0 unspecified atom stereocenters. The monoisotopic (exact) mass is 307 g/mol. The van der Waals surface area contributed by atoms with Gasteiger partial charge in [-0.15, -0.1) is 0 Å². The fourth-order valence-corrected chi connectivity index (χ4v) is 2.69. The Balaban J connectivity index is 2.40. The zero-order valence-electron chi connectivity index (χ0n) is 11.0. The number of benzene rings is 1. The standard InChI is InChI=1S/C14H18BrN3/c1-10-5-4-6-11(9-10)14-17-13(15)12(18(14)3)7-8-16-2/h4-6,9,16H,7-8H2,1-3H3. The number of hydrogen-bond donors (Lipinski definition) is 1. The Morgan fingerprint density at radius 3 is 2.83 bits per heavy atom. The topological polar surface area (TPSA) is 29.9 Å². The van der Waals surface area contributed by atoms with Gasteiger partial charge in [-0.05, 0) is 36.0 Å². The van der Waals surface area contributed by atoms with Gasteiger partial charge in [0.05, 0.1) is 5.69 Å². The molecule has 18 heavy (non-hydrogen) atoms. The lowest BCUT2D eigenvalue weighted by Crippen LogP contribution is -2.12. The van der Waals surface area contributed by atoms with Crippen LogP contribution in [0.1, 0.15) is 11.3 Å². The van der Waals surface area contributed by atoms with Crippen molar-refractivity contribution in [3.63, 3.8) is 0 Å². The van der Waals surface area contributed by atoms with E-state index in [1.807, 2.05) is 7.05 Å². The van der Waals surface area contributed by atoms with Crippen LogP contribution in [-0.4, -0.2) is 23.1 Å². The SMILES string of the molecule is CNCCc1c(Br)nc(-c2cccc(C)c2)n1C. The molecule has 0 fully saturated rings. The van der Waals surface area contributed by atoms with E-state index >= 15 is 0 Å². The Bertz CT molecular complexity index is 546. The van der Waals surface area contributed by atoms with Gasteiger partial charge in [0.2, 0.25) is 0 Å². The molecule has 4 heteroatoms. The number of likely N-dealkylation sites (N-methyl/N-ethyl adjacent to an activating group) is 1. The van der Waals surface area contributed by atoms with Crippen molar-refractivity contribution < 1.29 is 0 Å². The number of hydrogen-bond acceptors (Lipinski definition) is 2. The van der Waals surface area contributed by atoms with Crippen molar-refractivity contribution in [3.8, 4) is 11.4 Å². The number of rotatable bonds is 4. The van der Waals surface area contributed by atoms with E-state index in [2.05, 4.69) is 69.0 Å². The van der Waals surface area contributed by atoms with Crippen molar-refractivity contribution in [2.24, 2.45) is 7.05 Å². The maximum atomic E-state index is 4.63. The molecule has 0 aliphatic heterocycles. The van der Waals surface area contributed by atoms with E-state index < -0.39 is 0 Å². The molecule has 96 valence electrons. The number of nitrogens with zero attached hydrogens (tertiary/aromatic N) is 2. The number of aryl methyl sites for hydroxylation is 1. The molecule has 1 aromatic carbocycles. The van der Waals surface area contributed by atoms with E-state index in [1.54, 1.807) is 0 Å². The van der Waals surface area contributed by atoms with Gasteiger partial charge in [0.25, 0.3) is 0 Å². The molecule has 3 nitrogen and oxygen atoms in total. The fourth-order valence-electron chi connectivity index (χ4n) is 2.06. The second-order valence-corrected chi connectivity index (χ2v) is 5.21. The molecule has 0 atom stereocenters. The average molecular weight is 308 g/mol. The molecule has 0 saturated heterocycles. The third kappa shape index (κ3) is 2.65. The van der Waals surface area contributed by atoms with Crippen LogP contribution in [0.2, 0.25) is 0 Å². The van der Waals surface area contributed by atoms with Gasteiger partial charge < -0.3 is 9.88 Å². The summed E-state index contributed by atoms with van der Waals surface area (Å²) in [6.07, 6.45) is 0.965. The third-order valence-corrected chi connectivity index (χ3v) is 3.69. The normalized spacial score (nSPS) is 10.9. The van der Waals surface area contributed by atoms with Crippen LogP contribution < -0.4 is 5.32 Å². The summed E-state index contributed by atoms with van der Waals surface area (Å²) in [5.74, 6) is 1.01. The van der Waals surface area contributed by atoms with E-state index in [4.69, 9.17) is 0 Å². The van der Waals surface area contributed by atoms with Gasteiger partial charge in [0.15, 0.2) is 0 Å². The smallest absolute Gasteiger partial charge is 0.141 e. The molecule has 0 radical (unpaired) electrons. The van der Waals surface area contributed by atoms with E-state index in [0.29, 0.717) is 0 Å². The summed E-state index contributed by atoms with van der Waals surface area (Å²) in [5, 5.41) is 3.17. The summed E-state index contributed by atoms with van der Waals surface area (Å²) in [7, 11) is 4.03. The second kappa shape index (κ2) is 5.67. The highest BCUT2D eigenvalue weighted by Gasteiger charge is 2.13. The maximum absolute atomic E-state index is 4.63. The van der Waals surface area contributed by atoms with Gasteiger partial charge in [-0.3, -0.25) is 0 Å². The minimum Gasteiger partial charge on any atom is -0.330 e. The molecule has 0 saturated carbocycles. The van der Waals surface area contributed by atoms with Crippen molar-refractivity contribution in [1.82, 2.24) is 14.9 Å². The number of halogens is 1. The van der Waals surface area contributed by atoms with Gasteiger partial charge in [-0.25, -0.2) is 4.98 Å². The van der Waals surface area contributed by atoms with Crippen LogP contribution >= 0.6 is 15.9 Å². The van der Waals surface area contributed by atoms with E-state index in [0.717, 1.165) is 29.0 Å². The summed E-state index contributed by atoms with van der Waals surface area (Å²) in [6.45, 7) is 3.05. The van der Waals surface area contributed by atoms with Gasteiger partial charge in [0.1, 0.15) is 10.4 Å². The zero-order chi connectivity index (χ0) is 13.1. The van der Waals surface area contributed by atoms with Crippen LogP contribution in [0.3, 0.4) is 0 Å². The fraction of sp³-hybridized carbons (Fsp3) is 0.357. The molecule has 0 spiro atoms. The van der Waals surface area contributed by atoms with Crippen LogP contribution in [0.15, 0.2) is 28.9 Å². The molecular weight excluding hydrogens is 290 g/mol. The Labute approximate surface area is 116 Å². The average Bonchev–Trinajstić information content (AvgIpc) is 2.63. The Morgan fingerprint density at radius 2 is 2.17 bits per heavy atom. The van der Waals surface area contributed by atoms with Crippen LogP contribution in [0, 0.1) is 6.92 Å². The largest absolute Gasteiger partial charge is 0.330 e. The van der Waals surface area contributed by atoms with E-state index in [9.17, 15) is 0 Å².